The predicted molar refractivity (Wildman–Crippen MR) is 62.8 cm³/mol. The maximum absolute atomic E-state index is 11.3. The Bertz CT molecular complexity index is 317. The zero-order valence-corrected chi connectivity index (χ0v) is 10.5. The maximum Gasteiger partial charge on any atom is 0.329 e. The second-order valence-corrected chi connectivity index (χ2v) is 4.30. The number of nitrogens with two attached hydrogens (primary N) is 1. The van der Waals surface area contributed by atoms with Gasteiger partial charge in [-0.05, 0) is 13.8 Å². The Kier molecular flexibility index (Phi) is 6.73. The van der Waals surface area contributed by atoms with Crippen molar-refractivity contribution < 1.29 is 24.2 Å². The molecule has 0 unspecified atom stereocenters. The van der Waals surface area contributed by atoms with Crippen LogP contribution in [0, 0.1) is 5.41 Å². The molecule has 0 fully saturated rings. The van der Waals surface area contributed by atoms with E-state index in [9.17, 15) is 14.4 Å². The molecule has 8 nitrogen and oxygen atoms in total. The molecule has 0 bridgehead atoms. The predicted octanol–water partition coefficient (Wildman–Crippen LogP) is -1.10. The van der Waals surface area contributed by atoms with Gasteiger partial charge < -0.3 is 26.2 Å². The van der Waals surface area contributed by atoms with E-state index in [4.69, 9.17) is 15.6 Å². The van der Waals surface area contributed by atoms with E-state index in [1.807, 2.05) is 0 Å². The van der Waals surface area contributed by atoms with Crippen molar-refractivity contribution in [2.24, 2.45) is 11.1 Å². The molecule has 0 atom stereocenters. The van der Waals surface area contributed by atoms with Crippen LogP contribution in [0.15, 0.2) is 0 Å². The van der Waals surface area contributed by atoms with Gasteiger partial charge >= 0.3 is 12.0 Å². The van der Waals surface area contributed by atoms with E-state index in [1.165, 1.54) is 0 Å². The minimum Gasteiger partial charge on any atom is -0.480 e. The average Bonchev–Trinajstić information content (AvgIpc) is 2.25. The molecule has 0 saturated heterocycles. The van der Waals surface area contributed by atoms with Gasteiger partial charge in [-0.2, -0.15) is 0 Å². The minimum atomic E-state index is -1.07. The van der Waals surface area contributed by atoms with Gasteiger partial charge in [0.1, 0.15) is 6.61 Å². The van der Waals surface area contributed by atoms with Crippen molar-refractivity contribution in [1.29, 1.82) is 0 Å². The van der Waals surface area contributed by atoms with Crippen LogP contribution < -0.4 is 16.4 Å². The Labute approximate surface area is 105 Å². The number of ether oxygens (including phenoxy) is 1. The summed E-state index contributed by atoms with van der Waals surface area (Å²) >= 11 is 0. The zero-order chi connectivity index (χ0) is 14.2. The molecular weight excluding hydrogens is 242 g/mol. The molecule has 5 N–H and O–H groups in total. The highest BCUT2D eigenvalue weighted by atomic mass is 16.5. The van der Waals surface area contributed by atoms with Gasteiger partial charge in [0.15, 0.2) is 0 Å². The first-order valence-corrected chi connectivity index (χ1v) is 5.37. The lowest BCUT2D eigenvalue weighted by Gasteiger charge is -2.20. The first kappa shape index (κ1) is 16.2. The van der Waals surface area contributed by atoms with Crippen LogP contribution in [0.3, 0.4) is 0 Å². The van der Waals surface area contributed by atoms with Crippen LogP contribution in [0.1, 0.15) is 13.8 Å². The van der Waals surface area contributed by atoms with Crippen molar-refractivity contribution in [2.45, 2.75) is 13.8 Å². The van der Waals surface area contributed by atoms with Crippen LogP contribution in [-0.2, 0) is 14.3 Å². The Morgan fingerprint density at radius 2 is 1.89 bits per heavy atom. The topological polar surface area (TPSA) is 131 Å². The summed E-state index contributed by atoms with van der Waals surface area (Å²) in [4.78, 5) is 32.3. The number of rotatable bonds is 8. The molecule has 0 aliphatic carbocycles. The molecule has 0 spiro atoms. The number of carboxylic acid groups (broad SMARTS) is 1. The average molecular weight is 261 g/mol. The van der Waals surface area contributed by atoms with E-state index in [0.29, 0.717) is 0 Å². The number of amides is 3. The smallest absolute Gasteiger partial charge is 0.329 e. The summed E-state index contributed by atoms with van der Waals surface area (Å²) in [5, 5.41) is 13.2. The fourth-order valence-electron chi connectivity index (χ4n) is 0.847. The summed E-state index contributed by atoms with van der Waals surface area (Å²) in [6.45, 7) is 3.22. The summed E-state index contributed by atoms with van der Waals surface area (Å²) in [7, 11) is 0. The highest BCUT2D eigenvalue weighted by Gasteiger charge is 2.25. The molecule has 18 heavy (non-hydrogen) atoms. The van der Waals surface area contributed by atoms with Crippen molar-refractivity contribution in [3.8, 4) is 0 Å². The van der Waals surface area contributed by atoms with Crippen molar-refractivity contribution in [3.05, 3.63) is 0 Å². The molecule has 0 aromatic carbocycles. The second kappa shape index (κ2) is 7.49. The number of aliphatic carboxylic acids is 1. The Morgan fingerprint density at radius 3 is 2.39 bits per heavy atom. The highest BCUT2D eigenvalue weighted by Crippen LogP contribution is 2.11. The Balaban J connectivity index is 3.67. The van der Waals surface area contributed by atoms with Crippen LogP contribution in [0.25, 0.3) is 0 Å². The van der Waals surface area contributed by atoms with Gasteiger partial charge in [0.05, 0.1) is 12.0 Å². The first-order valence-electron chi connectivity index (χ1n) is 5.37. The largest absolute Gasteiger partial charge is 0.480 e. The summed E-state index contributed by atoms with van der Waals surface area (Å²) in [6, 6.07) is -0.469. The molecule has 0 aromatic heterocycles. The third-order valence-electron chi connectivity index (χ3n) is 2.12. The number of carbonyl (C=O) groups excluding carboxylic acids is 2. The summed E-state index contributed by atoms with van der Waals surface area (Å²) in [6.07, 6.45) is 0. The van der Waals surface area contributed by atoms with Gasteiger partial charge in [-0.3, -0.25) is 4.79 Å². The van der Waals surface area contributed by atoms with Gasteiger partial charge in [0, 0.05) is 13.1 Å². The van der Waals surface area contributed by atoms with E-state index in [-0.39, 0.29) is 19.7 Å². The summed E-state index contributed by atoms with van der Waals surface area (Å²) < 4.78 is 4.71. The molecule has 0 heterocycles. The lowest BCUT2D eigenvalue weighted by molar-refractivity contribution is -0.142. The standard InChI is InChI=1S/C10H19N3O5/c1-10(2,8(11)16)6-13-9(17)12-3-4-18-5-7(14)15/h3-6H2,1-2H3,(H2,11,16)(H,14,15)(H2,12,13,17). The lowest BCUT2D eigenvalue weighted by atomic mass is 9.93. The van der Waals surface area contributed by atoms with E-state index in [1.54, 1.807) is 13.8 Å². The summed E-state index contributed by atoms with van der Waals surface area (Å²) in [5.41, 5.74) is 4.32. The summed E-state index contributed by atoms with van der Waals surface area (Å²) in [5.74, 6) is -1.57. The van der Waals surface area contributed by atoms with Crippen LogP contribution in [0.2, 0.25) is 0 Å². The van der Waals surface area contributed by atoms with Gasteiger partial charge in [-0.15, -0.1) is 0 Å². The number of hydrogen-bond acceptors (Lipinski definition) is 4. The van der Waals surface area contributed by atoms with Crippen LogP contribution >= 0.6 is 0 Å². The fourth-order valence-corrected chi connectivity index (χ4v) is 0.847. The molecule has 8 heteroatoms. The number of carboxylic acids is 1. The van der Waals surface area contributed by atoms with Crippen molar-refractivity contribution >= 4 is 17.9 Å². The molecule has 104 valence electrons. The van der Waals surface area contributed by atoms with Crippen molar-refractivity contribution in [1.82, 2.24) is 10.6 Å². The van der Waals surface area contributed by atoms with Crippen LogP contribution in [-0.4, -0.2) is 49.3 Å². The zero-order valence-electron chi connectivity index (χ0n) is 10.5. The SMILES string of the molecule is CC(C)(CNC(=O)NCCOCC(=O)O)C(N)=O. The number of nitrogens with one attached hydrogen (secondary N) is 2. The molecule has 0 aliphatic heterocycles. The van der Waals surface area contributed by atoms with Crippen LogP contribution in [0.5, 0.6) is 0 Å². The third-order valence-corrected chi connectivity index (χ3v) is 2.12. The van der Waals surface area contributed by atoms with E-state index < -0.39 is 29.9 Å². The number of carbonyl (C=O) groups is 3. The third kappa shape index (κ3) is 7.44. The Morgan fingerprint density at radius 1 is 1.28 bits per heavy atom. The molecule has 0 saturated carbocycles. The van der Waals surface area contributed by atoms with E-state index in [0.717, 1.165) is 0 Å². The minimum absolute atomic E-state index is 0.0962. The second-order valence-electron chi connectivity index (χ2n) is 4.30. The molecular formula is C10H19N3O5. The normalized spacial score (nSPS) is 10.8. The van der Waals surface area contributed by atoms with Gasteiger partial charge in [-0.1, -0.05) is 0 Å². The van der Waals surface area contributed by atoms with Gasteiger partial charge in [0.25, 0.3) is 0 Å². The number of hydrogen-bond donors (Lipinski definition) is 4. The molecule has 3 amide bonds. The number of primary amides is 1. The van der Waals surface area contributed by atoms with Gasteiger partial charge in [-0.25, -0.2) is 9.59 Å². The molecule has 0 radical (unpaired) electrons. The fraction of sp³-hybridized carbons (Fsp3) is 0.700. The molecule has 0 rings (SSSR count). The Hall–Kier alpha value is -1.83. The highest BCUT2D eigenvalue weighted by molar-refractivity contribution is 5.81. The van der Waals surface area contributed by atoms with Crippen LogP contribution in [0.4, 0.5) is 4.79 Å². The molecule has 0 aromatic rings. The maximum atomic E-state index is 11.3. The first-order chi connectivity index (χ1) is 8.25. The quantitative estimate of drug-likeness (QED) is 0.412. The number of urea groups is 1. The van der Waals surface area contributed by atoms with E-state index >= 15 is 0 Å². The lowest BCUT2D eigenvalue weighted by Crippen LogP contribution is -2.46. The monoisotopic (exact) mass is 261 g/mol. The van der Waals surface area contributed by atoms with Crippen molar-refractivity contribution in [3.63, 3.8) is 0 Å². The van der Waals surface area contributed by atoms with Gasteiger partial charge in [0.2, 0.25) is 5.91 Å². The van der Waals surface area contributed by atoms with E-state index in [2.05, 4.69) is 10.6 Å². The molecule has 0 aliphatic rings. The van der Waals surface area contributed by atoms with Crippen molar-refractivity contribution in [2.75, 3.05) is 26.3 Å².